The normalized spacial score (nSPS) is 7.50. The van der Waals surface area contributed by atoms with Gasteiger partial charge in [0.05, 0.1) is 0 Å². The zero-order chi connectivity index (χ0) is 5.86. The van der Waals surface area contributed by atoms with Gasteiger partial charge in [0, 0.05) is 19.5 Å². The van der Waals surface area contributed by atoms with Crippen molar-refractivity contribution >= 4 is 14.6 Å². The predicted octanol–water partition coefficient (Wildman–Crippen LogP) is -3.06. The van der Waals surface area contributed by atoms with Crippen LogP contribution in [0.1, 0.15) is 0 Å². The summed E-state index contributed by atoms with van der Waals surface area (Å²) in [7, 11) is -4.25. The summed E-state index contributed by atoms with van der Waals surface area (Å²) in [4.78, 5) is 0. The van der Waals surface area contributed by atoms with Crippen LogP contribution in [0.3, 0.4) is 0 Å². The van der Waals surface area contributed by atoms with Gasteiger partial charge in [0.2, 0.25) is 0 Å². The van der Waals surface area contributed by atoms with E-state index in [4.69, 9.17) is 20.1 Å². The monoisotopic (exact) mass is 170 g/mol. The van der Waals surface area contributed by atoms with Gasteiger partial charge < -0.3 is 24.7 Å². The maximum Gasteiger partial charge on any atom is 0.621 e. The van der Waals surface area contributed by atoms with Gasteiger partial charge in [-0.1, -0.05) is 0 Å². The SMILES string of the molecule is OB(O)OB(O)O.[Zn]. The topological polar surface area (TPSA) is 90.2 Å². The maximum absolute atomic E-state index is 7.74. The van der Waals surface area contributed by atoms with Gasteiger partial charge in [0.15, 0.2) is 0 Å². The standard InChI is InChI=1S/B2H4O5.Zn/c3-1(4)7-2(5)6;/h3-6H;. The number of hydrogen-bond acceptors (Lipinski definition) is 5. The Bertz CT molecular complexity index is 39.7. The summed E-state index contributed by atoms with van der Waals surface area (Å²) in [6, 6.07) is 0. The van der Waals surface area contributed by atoms with E-state index in [0.29, 0.717) is 0 Å². The molecule has 0 aromatic carbocycles. The first-order valence-corrected chi connectivity index (χ1v) is 1.50. The summed E-state index contributed by atoms with van der Waals surface area (Å²) in [5.74, 6) is 0. The van der Waals surface area contributed by atoms with E-state index >= 15 is 0 Å². The molecule has 0 aliphatic rings. The van der Waals surface area contributed by atoms with Crippen molar-refractivity contribution < 1.29 is 44.1 Å². The van der Waals surface area contributed by atoms with Crippen LogP contribution < -0.4 is 0 Å². The van der Waals surface area contributed by atoms with Crippen molar-refractivity contribution in [3.63, 3.8) is 0 Å². The van der Waals surface area contributed by atoms with E-state index < -0.39 is 14.6 Å². The molecule has 0 radical (unpaired) electrons. The minimum Gasteiger partial charge on any atom is -0.402 e. The third-order valence-electron chi connectivity index (χ3n) is 0.243. The van der Waals surface area contributed by atoms with Crippen LogP contribution in [0, 0.1) is 0 Å². The first-order chi connectivity index (χ1) is 3.13. The molecule has 0 saturated carbocycles. The molecule has 0 aromatic heterocycles. The van der Waals surface area contributed by atoms with Crippen LogP contribution in [-0.4, -0.2) is 34.7 Å². The van der Waals surface area contributed by atoms with E-state index in [1.807, 2.05) is 0 Å². The van der Waals surface area contributed by atoms with Crippen LogP contribution in [0.2, 0.25) is 0 Å². The van der Waals surface area contributed by atoms with Crippen LogP contribution in [-0.2, 0) is 24.0 Å². The van der Waals surface area contributed by atoms with E-state index in [2.05, 4.69) is 4.57 Å². The maximum atomic E-state index is 7.74. The van der Waals surface area contributed by atoms with Crippen molar-refractivity contribution in [2.45, 2.75) is 0 Å². The van der Waals surface area contributed by atoms with Crippen LogP contribution >= 0.6 is 0 Å². The molecule has 0 bridgehead atoms. The molecule has 4 N–H and O–H groups in total. The quantitative estimate of drug-likeness (QED) is 0.331. The number of hydrogen-bond donors (Lipinski definition) is 4. The summed E-state index contributed by atoms with van der Waals surface area (Å²) in [6.07, 6.45) is 0. The zero-order valence-corrected chi connectivity index (χ0v) is 7.03. The summed E-state index contributed by atoms with van der Waals surface area (Å²) >= 11 is 0. The molecule has 0 aliphatic heterocycles. The predicted molar refractivity (Wildman–Crippen MR) is 21.5 cm³/mol. The van der Waals surface area contributed by atoms with Gasteiger partial charge in [-0.2, -0.15) is 0 Å². The Balaban J connectivity index is 0. The number of rotatable bonds is 2. The second-order valence-electron chi connectivity index (χ2n) is 0.789. The van der Waals surface area contributed by atoms with Gasteiger partial charge >= 0.3 is 14.6 Å². The second-order valence-corrected chi connectivity index (χ2v) is 0.789. The van der Waals surface area contributed by atoms with Gasteiger partial charge in [-0.3, -0.25) is 0 Å². The third-order valence-corrected chi connectivity index (χ3v) is 0.243. The second kappa shape index (κ2) is 5.69. The summed E-state index contributed by atoms with van der Waals surface area (Å²) in [6.45, 7) is 0. The van der Waals surface area contributed by atoms with Crippen molar-refractivity contribution in [3.05, 3.63) is 0 Å². The molecule has 0 atom stereocenters. The average Bonchev–Trinajstić information content (AvgIpc) is 1.27. The summed E-state index contributed by atoms with van der Waals surface area (Å²) in [5.41, 5.74) is 0. The van der Waals surface area contributed by atoms with Crippen LogP contribution in [0.4, 0.5) is 0 Å². The van der Waals surface area contributed by atoms with Crippen molar-refractivity contribution in [2.75, 3.05) is 0 Å². The van der Waals surface area contributed by atoms with Crippen molar-refractivity contribution in [1.82, 2.24) is 0 Å². The average molecular weight is 171 g/mol. The van der Waals surface area contributed by atoms with Crippen molar-refractivity contribution in [3.8, 4) is 0 Å². The van der Waals surface area contributed by atoms with E-state index in [0.717, 1.165) is 0 Å². The van der Waals surface area contributed by atoms with Gasteiger partial charge in [0.25, 0.3) is 0 Å². The fourth-order valence-electron chi connectivity index (χ4n) is 0.109. The van der Waals surface area contributed by atoms with E-state index in [9.17, 15) is 0 Å². The van der Waals surface area contributed by atoms with Crippen molar-refractivity contribution in [1.29, 1.82) is 0 Å². The fraction of sp³-hybridized carbons (Fsp3) is 0. The van der Waals surface area contributed by atoms with Crippen LogP contribution in [0.15, 0.2) is 0 Å². The van der Waals surface area contributed by atoms with E-state index in [1.54, 1.807) is 0 Å². The molecule has 0 aromatic rings. The van der Waals surface area contributed by atoms with E-state index in [-0.39, 0.29) is 19.5 Å². The van der Waals surface area contributed by atoms with Gasteiger partial charge in [0.1, 0.15) is 0 Å². The van der Waals surface area contributed by atoms with Crippen molar-refractivity contribution in [2.24, 2.45) is 0 Å². The molecule has 0 saturated heterocycles. The molecular formula is H4B2O5Zn. The molecule has 0 aliphatic carbocycles. The Hall–Kier alpha value is 0.553. The van der Waals surface area contributed by atoms with E-state index in [1.165, 1.54) is 0 Å². The molecule has 0 amide bonds. The Morgan fingerprint density at radius 1 is 0.875 bits per heavy atom. The fourth-order valence-corrected chi connectivity index (χ4v) is 0.109. The molecule has 0 spiro atoms. The Morgan fingerprint density at radius 2 is 1.12 bits per heavy atom. The van der Waals surface area contributed by atoms with Crippen LogP contribution in [0.5, 0.6) is 0 Å². The molecule has 5 nitrogen and oxygen atoms in total. The smallest absolute Gasteiger partial charge is 0.402 e. The molecular weight excluding hydrogens is 167 g/mol. The Morgan fingerprint density at radius 3 is 1.12 bits per heavy atom. The first kappa shape index (κ1) is 11.4. The Kier molecular flexibility index (Phi) is 8.08. The summed E-state index contributed by atoms with van der Waals surface area (Å²) in [5, 5.41) is 30.9. The molecule has 0 rings (SSSR count). The first-order valence-electron chi connectivity index (χ1n) is 1.50. The molecule has 0 unspecified atom stereocenters. The minimum absolute atomic E-state index is 0. The molecule has 0 fully saturated rings. The molecule has 42 valence electrons. The molecule has 8 heteroatoms. The van der Waals surface area contributed by atoms with Crippen LogP contribution in [0.25, 0.3) is 0 Å². The largest absolute Gasteiger partial charge is 0.621 e. The molecule has 0 heterocycles. The van der Waals surface area contributed by atoms with Gasteiger partial charge in [-0.25, -0.2) is 0 Å². The van der Waals surface area contributed by atoms with Gasteiger partial charge in [-0.05, 0) is 0 Å². The zero-order valence-electron chi connectivity index (χ0n) is 4.06. The van der Waals surface area contributed by atoms with Gasteiger partial charge in [-0.15, -0.1) is 0 Å². The molecule has 8 heavy (non-hydrogen) atoms. The third kappa shape index (κ3) is 9.75. The summed E-state index contributed by atoms with van der Waals surface area (Å²) < 4.78 is 3.47. The minimum atomic E-state index is -2.13. The Labute approximate surface area is 59.4 Å².